The summed E-state index contributed by atoms with van der Waals surface area (Å²) in [6.07, 6.45) is -5.88. The van der Waals surface area contributed by atoms with Crippen molar-refractivity contribution in [2.24, 2.45) is 0 Å². The van der Waals surface area contributed by atoms with E-state index in [-0.39, 0.29) is 16.3 Å². The summed E-state index contributed by atoms with van der Waals surface area (Å²) < 4.78 is 55.9. The number of hydrogen-bond donors (Lipinski definition) is 1. The Morgan fingerprint density at radius 1 is 1.15 bits per heavy atom. The maximum Gasteiger partial charge on any atom is 0.416 e. The molecule has 26 heavy (non-hydrogen) atoms. The zero-order valence-electron chi connectivity index (χ0n) is 13.2. The summed E-state index contributed by atoms with van der Waals surface area (Å²) in [6.45, 7) is 1.23. The van der Waals surface area contributed by atoms with Gasteiger partial charge < -0.3 is 10.1 Å². The number of carbonyl (C=O) groups is 2. The Kier molecular flexibility index (Phi) is 5.86. The van der Waals surface area contributed by atoms with Gasteiger partial charge >= 0.3 is 12.1 Å². The third-order valence-electron chi connectivity index (χ3n) is 3.26. The van der Waals surface area contributed by atoms with Crippen LogP contribution in [0.3, 0.4) is 0 Å². The molecule has 0 bridgehead atoms. The second-order valence-corrected chi connectivity index (χ2v) is 5.65. The summed E-state index contributed by atoms with van der Waals surface area (Å²) in [6, 6.07) is 7.00. The molecule has 0 spiro atoms. The van der Waals surface area contributed by atoms with E-state index in [2.05, 4.69) is 5.32 Å². The van der Waals surface area contributed by atoms with Gasteiger partial charge in [0.25, 0.3) is 5.91 Å². The number of nitrogens with one attached hydrogen (secondary N) is 1. The van der Waals surface area contributed by atoms with Gasteiger partial charge in [0.15, 0.2) is 6.10 Å². The first-order chi connectivity index (χ1) is 12.1. The molecule has 1 amide bonds. The largest absolute Gasteiger partial charge is 0.449 e. The van der Waals surface area contributed by atoms with Crippen LogP contribution in [-0.4, -0.2) is 18.0 Å². The number of hydrogen-bond acceptors (Lipinski definition) is 3. The second kappa shape index (κ2) is 7.74. The fourth-order valence-electron chi connectivity index (χ4n) is 1.95. The van der Waals surface area contributed by atoms with Gasteiger partial charge in [-0.3, -0.25) is 4.79 Å². The zero-order valence-corrected chi connectivity index (χ0v) is 14.0. The quantitative estimate of drug-likeness (QED) is 0.610. The third kappa shape index (κ3) is 4.95. The first-order valence-electron chi connectivity index (χ1n) is 7.22. The van der Waals surface area contributed by atoms with Crippen LogP contribution in [0.5, 0.6) is 0 Å². The molecule has 1 N–H and O–H groups in total. The number of carbonyl (C=O) groups excluding carboxylic acids is 2. The van der Waals surface area contributed by atoms with Gasteiger partial charge in [0.1, 0.15) is 5.82 Å². The Morgan fingerprint density at radius 3 is 2.46 bits per heavy atom. The lowest BCUT2D eigenvalue weighted by Crippen LogP contribution is -2.30. The molecule has 0 aromatic heterocycles. The van der Waals surface area contributed by atoms with Crippen molar-refractivity contribution in [2.45, 2.75) is 19.2 Å². The maximum absolute atomic E-state index is 13.0. The van der Waals surface area contributed by atoms with Crippen LogP contribution >= 0.6 is 11.6 Å². The van der Waals surface area contributed by atoms with Gasteiger partial charge in [-0.1, -0.05) is 17.7 Å². The minimum Gasteiger partial charge on any atom is -0.449 e. The summed E-state index contributed by atoms with van der Waals surface area (Å²) in [4.78, 5) is 24.0. The van der Waals surface area contributed by atoms with Crippen LogP contribution in [0.4, 0.5) is 23.2 Å². The standard InChI is InChI=1S/C17H12ClF4NO3/c1-9(26-16(25)13-6-5-11(19)8-14(13)18)15(24)23-12-4-2-3-10(7-12)17(20,21)22/h2-9H,1H3,(H,23,24). The van der Waals surface area contributed by atoms with Gasteiger partial charge in [-0.2, -0.15) is 13.2 Å². The topological polar surface area (TPSA) is 55.4 Å². The number of rotatable bonds is 4. The molecule has 0 heterocycles. The van der Waals surface area contributed by atoms with Crippen molar-refractivity contribution in [3.05, 3.63) is 64.4 Å². The summed E-state index contributed by atoms with van der Waals surface area (Å²) in [5.74, 6) is -2.46. The molecular weight excluding hydrogens is 378 g/mol. The van der Waals surface area contributed by atoms with E-state index in [4.69, 9.17) is 16.3 Å². The van der Waals surface area contributed by atoms with Crippen LogP contribution in [0.1, 0.15) is 22.8 Å². The van der Waals surface area contributed by atoms with Crippen molar-refractivity contribution in [1.29, 1.82) is 0 Å². The monoisotopic (exact) mass is 389 g/mol. The molecule has 0 saturated carbocycles. The third-order valence-corrected chi connectivity index (χ3v) is 3.57. The van der Waals surface area contributed by atoms with Crippen molar-refractivity contribution in [2.75, 3.05) is 5.32 Å². The highest BCUT2D eigenvalue weighted by Crippen LogP contribution is 2.30. The van der Waals surface area contributed by atoms with Crippen LogP contribution in [0.25, 0.3) is 0 Å². The number of ether oxygens (including phenoxy) is 1. The Balaban J connectivity index is 2.05. The molecule has 2 aromatic rings. The molecule has 0 aliphatic carbocycles. The fraction of sp³-hybridized carbons (Fsp3) is 0.176. The molecule has 0 fully saturated rings. The Hall–Kier alpha value is -2.61. The highest BCUT2D eigenvalue weighted by molar-refractivity contribution is 6.33. The normalized spacial score (nSPS) is 12.4. The van der Waals surface area contributed by atoms with E-state index in [0.29, 0.717) is 0 Å². The summed E-state index contributed by atoms with van der Waals surface area (Å²) in [5.41, 5.74) is -1.18. The van der Waals surface area contributed by atoms with Crippen molar-refractivity contribution >= 4 is 29.2 Å². The van der Waals surface area contributed by atoms with Crippen LogP contribution in [0, 0.1) is 5.82 Å². The average Bonchev–Trinajstić information content (AvgIpc) is 2.54. The van der Waals surface area contributed by atoms with E-state index >= 15 is 0 Å². The molecule has 1 atom stereocenters. The number of benzene rings is 2. The molecule has 2 aromatic carbocycles. The van der Waals surface area contributed by atoms with Gasteiger partial charge in [-0.15, -0.1) is 0 Å². The lowest BCUT2D eigenvalue weighted by Gasteiger charge is -2.15. The molecule has 138 valence electrons. The lowest BCUT2D eigenvalue weighted by molar-refractivity contribution is -0.137. The first-order valence-corrected chi connectivity index (χ1v) is 7.60. The van der Waals surface area contributed by atoms with Gasteiger partial charge in [-0.25, -0.2) is 9.18 Å². The molecular formula is C17H12ClF4NO3. The fourth-order valence-corrected chi connectivity index (χ4v) is 2.19. The van der Waals surface area contributed by atoms with E-state index < -0.39 is 35.5 Å². The van der Waals surface area contributed by atoms with Gasteiger partial charge in [0, 0.05) is 5.69 Å². The van der Waals surface area contributed by atoms with E-state index in [1.807, 2.05) is 0 Å². The average molecular weight is 390 g/mol. The van der Waals surface area contributed by atoms with E-state index in [1.54, 1.807) is 0 Å². The minimum atomic E-state index is -4.56. The van der Waals surface area contributed by atoms with E-state index in [9.17, 15) is 27.2 Å². The predicted molar refractivity (Wildman–Crippen MR) is 86.4 cm³/mol. The molecule has 4 nitrogen and oxygen atoms in total. The zero-order chi connectivity index (χ0) is 19.5. The lowest BCUT2D eigenvalue weighted by atomic mass is 10.2. The number of halogens is 5. The highest BCUT2D eigenvalue weighted by Gasteiger charge is 2.30. The Morgan fingerprint density at radius 2 is 1.85 bits per heavy atom. The van der Waals surface area contributed by atoms with Crippen LogP contribution in [0.2, 0.25) is 5.02 Å². The van der Waals surface area contributed by atoms with Crippen molar-refractivity contribution in [1.82, 2.24) is 0 Å². The van der Waals surface area contributed by atoms with E-state index in [1.165, 1.54) is 13.0 Å². The molecule has 0 saturated heterocycles. The summed E-state index contributed by atoms with van der Waals surface area (Å²) in [5, 5.41) is 2.03. The predicted octanol–water partition coefficient (Wildman–Crippen LogP) is 4.68. The van der Waals surface area contributed by atoms with Crippen LogP contribution in [-0.2, 0) is 15.7 Å². The second-order valence-electron chi connectivity index (χ2n) is 5.24. The summed E-state index contributed by atoms with van der Waals surface area (Å²) in [7, 11) is 0. The Labute approximate surface area is 150 Å². The number of alkyl halides is 3. The molecule has 0 radical (unpaired) electrons. The van der Waals surface area contributed by atoms with Gasteiger partial charge in [0.05, 0.1) is 16.1 Å². The smallest absolute Gasteiger partial charge is 0.416 e. The van der Waals surface area contributed by atoms with Crippen LogP contribution < -0.4 is 5.32 Å². The van der Waals surface area contributed by atoms with Gasteiger partial charge in [-0.05, 0) is 43.3 Å². The molecule has 0 aliphatic heterocycles. The van der Waals surface area contributed by atoms with Gasteiger partial charge in [0.2, 0.25) is 0 Å². The summed E-state index contributed by atoms with van der Waals surface area (Å²) >= 11 is 5.73. The molecule has 2 rings (SSSR count). The SMILES string of the molecule is CC(OC(=O)c1ccc(F)cc1Cl)C(=O)Nc1cccc(C(F)(F)F)c1. The molecule has 9 heteroatoms. The number of esters is 1. The van der Waals surface area contributed by atoms with E-state index in [0.717, 1.165) is 36.4 Å². The van der Waals surface area contributed by atoms with Crippen molar-refractivity contribution in [3.8, 4) is 0 Å². The molecule has 1 unspecified atom stereocenters. The maximum atomic E-state index is 13.0. The number of amides is 1. The first kappa shape index (κ1) is 19.7. The van der Waals surface area contributed by atoms with Crippen molar-refractivity contribution < 1.29 is 31.9 Å². The van der Waals surface area contributed by atoms with Crippen LogP contribution in [0.15, 0.2) is 42.5 Å². The number of anilines is 1. The Bertz CT molecular complexity index is 839. The minimum absolute atomic E-state index is 0.104. The highest BCUT2D eigenvalue weighted by atomic mass is 35.5. The molecule has 0 aliphatic rings. The van der Waals surface area contributed by atoms with Crippen molar-refractivity contribution in [3.63, 3.8) is 0 Å².